The van der Waals surface area contributed by atoms with Crippen LogP contribution in [-0.2, 0) is 17.6 Å². The topological polar surface area (TPSA) is 82.8 Å². The van der Waals surface area contributed by atoms with Crippen LogP contribution >= 0.6 is 27.5 Å². The Kier molecular flexibility index (Phi) is 8.89. The van der Waals surface area contributed by atoms with Crippen molar-refractivity contribution < 1.29 is 9.59 Å². The van der Waals surface area contributed by atoms with Gasteiger partial charge in [-0.05, 0) is 133 Å². The van der Waals surface area contributed by atoms with Crippen molar-refractivity contribution in [3.05, 3.63) is 62.3 Å². The minimum absolute atomic E-state index is 0.170. The molecule has 3 aliphatic heterocycles. The quantitative estimate of drug-likeness (QED) is 0.456. The van der Waals surface area contributed by atoms with Crippen molar-refractivity contribution in [2.24, 2.45) is 23.5 Å². The maximum atomic E-state index is 13.1. The highest BCUT2D eigenvalue weighted by molar-refractivity contribution is 9.10. The van der Waals surface area contributed by atoms with E-state index in [0.717, 1.165) is 80.1 Å². The maximum Gasteiger partial charge on any atom is 0.314 e. The number of hydrogen-bond donors (Lipinski definition) is 1. The fourth-order valence-electron chi connectivity index (χ4n) is 7.78. The second-order valence-corrected chi connectivity index (χ2v) is 13.9. The molecule has 1 aromatic carbocycles. The first kappa shape index (κ1) is 28.9. The molecular formula is C32H41BrClN5O2. The van der Waals surface area contributed by atoms with Crippen LogP contribution in [0.25, 0.3) is 0 Å². The van der Waals surface area contributed by atoms with Crippen LogP contribution in [0.1, 0.15) is 73.4 Å². The summed E-state index contributed by atoms with van der Waals surface area (Å²) in [5.74, 6) is 2.07. The number of urea groups is 1. The summed E-state index contributed by atoms with van der Waals surface area (Å²) in [6.45, 7) is 5.25. The number of primary amides is 1. The molecular weight excluding hydrogens is 602 g/mol. The molecule has 41 heavy (non-hydrogen) atoms. The second-order valence-electron chi connectivity index (χ2n) is 12.5. The Labute approximate surface area is 256 Å². The molecule has 4 heterocycles. The van der Waals surface area contributed by atoms with Crippen LogP contribution in [0.2, 0.25) is 5.02 Å². The van der Waals surface area contributed by atoms with Crippen LogP contribution in [-0.4, -0.2) is 70.9 Å². The predicted octanol–water partition coefficient (Wildman–Crippen LogP) is 5.82. The van der Waals surface area contributed by atoms with Crippen LogP contribution in [0, 0.1) is 17.8 Å². The number of pyridine rings is 1. The highest BCUT2D eigenvalue weighted by Crippen LogP contribution is 2.41. The summed E-state index contributed by atoms with van der Waals surface area (Å²) in [6.07, 6.45) is 10.9. The smallest absolute Gasteiger partial charge is 0.314 e. The molecule has 2 aromatic rings. The Morgan fingerprint density at radius 1 is 0.878 bits per heavy atom. The van der Waals surface area contributed by atoms with Crippen molar-refractivity contribution in [3.63, 3.8) is 0 Å². The number of amides is 3. The molecule has 3 amide bonds. The van der Waals surface area contributed by atoms with E-state index in [1.807, 2.05) is 12.3 Å². The number of halogens is 2. The Morgan fingerprint density at radius 2 is 1.51 bits per heavy atom. The molecule has 4 aliphatic rings. The molecule has 7 nitrogen and oxygen atoms in total. The van der Waals surface area contributed by atoms with E-state index in [9.17, 15) is 9.59 Å². The first-order valence-corrected chi connectivity index (χ1v) is 16.5. The van der Waals surface area contributed by atoms with Gasteiger partial charge in [0, 0.05) is 48.3 Å². The highest BCUT2D eigenvalue weighted by atomic mass is 79.9. The van der Waals surface area contributed by atoms with Gasteiger partial charge in [-0.15, -0.1) is 0 Å². The Hall–Kier alpha value is -2.16. The van der Waals surface area contributed by atoms with Gasteiger partial charge in [0.1, 0.15) is 0 Å². The number of nitrogens with two attached hydrogens (primary N) is 1. The number of rotatable bonds is 4. The van der Waals surface area contributed by atoms with E-state index < -0.39 is 0 Å². The molecule has 1 aromatic heterocycles. The van der Waals surface area contributed by atoms with E-state index >= 15 is 0 Å². The third kappa shape index (κ3) is 6.45. The number of carbonyl (C=O) groups is 2. The van der Waals surface area contributed by atoms with Gasteiger partial charge in [0.2, 0.25) is 5.91 Å². The summed E-state index contributed by atoms with van der Waals surface area (Å²) in [5.41, 5.74) is 10.6. The first-order valence-electron chi connectivity index (χ1n) is 15.3. The van der Waals surface area contributed by atoms with Crippen LogP contribution in [0.3, 0.4) is 0 Å². The summed E-state index contributed by atoms with van der Waals surface area (Å²) >= 11 is 10.1. The fourth-order valence-corrected chi connectivity index (χ4v) is 8.36. The average molecular weight is 643 g/mol. The molecule has 0 radical (unpaired) electrons. The highest BCUT2D eigenvalue weighted by Gasteiger charge is 2.36. The molecule has 0 bridgehead atoms. The van der Waals surface area contributed by atoms with E-state index in [4.69, 9.17) is 22.3 Å². The summed E-state index contributed by atoms with van der Waals surface area (Å²) in [7, 11) is 0. The number of piperidine rings is 3. The summed E-state index contributed by atoms with van der Waals surface area (Å²) < 4.78 is 1.04. The molecule has 2 N–H and O–H groups in total. The van der Waals surface area contributed by atoms with Crippen molar-refractivity contribution in [1.82, 2.24) is 19.7 Å². The Balaban J connectivity index is 1.04. The number of fused-ring (bicyclic) bond motifs is 2. The van der Waals surface area contributed by atoms with Gasteiger partial charge >= 0.3 is 6.03 Å². The molecule has 0 saturated carbocycles. The average Bonchev–Trinajstić information content (AvgIpc) is 3.14. The minimum atomic E-state index is -0.346. The number of nitrogens with zero attached hydrogens (tertiary/aromatic N) is 4. The Bertz CT molecular complexity index is 1210. The Morgan fingerprint density at radius 3 is 2.20 bits per heavy atom. The third-order valence-electron chi connectivity index (χ3n) is 10.2. The molecule has 220 valence electrons. The molecule has 1 aliphatic carbocycles. The number of benzene rings is 1. The zero-order chi connectivity index (χ0) is 28.5. The number of aromatic nitrogens is 1. The number of carbonyl (C=O) groups excluding carboxylic acids is 2. The largest absolute Gasteiger partial charge is 0.351 e. The van der Waals surface area contributed by atoms with Gasteiger partial charge in [-0.2, -0.15) is 0 Å². The predicted molar refractivity (Wildman–Crippen MR) is 165 cm³/mol. The molecule has 9 heteroatoms. The van der Waals surface area contributed by atoms with Crippen molar-refractivity contribution >= 4 is 39.5 Å². The van der Waals surface area contributed by atoms with Crippen LogP contribution in [0.4, 0.5) is 4.79 Å². The third-order valence-corrected chi connectivity index (χ3v) is 10.8. The van der Waals surface area contributed by atoms with E-state index in [1.54, 1.807) is 4.90 Å². The van der Waals surface area contributed by atoms with Crippen molar-refractivity contribution in [2.45, 2.75) is 63.8 Å². The van der Waals surface area contributed by atoms with Crippen LogP contribution in [0.5, 0.6) is 0 Å². The molecule has 3 saturated heterocycles. The second kappa shape index (κ2) is 12.6. The summed E-state index contributed by atoms with van der Waals surface area (Å²) in [6, 6.07) is 8.47. The standard InChI is InChI=1S/C32H41BrClN5O2/c33-26-18-25-2-1-24-19-27(34)3-4-28(24)31(30(25)36-20-26)38-15-9-23(10-16-38)22-7-13-37(14-8-22)29(40)17-21-5-11-39(12-6-21)32(35)41/h3-4,18-23,31H,1-2,5-17H2,(H2,35,41). The number of hydrogen-bond acceptors (Lipinski definition) is 4. The molecule has 6 rings (SSSR count). The zero-order valence-corrected chi connectivity index (χ0v) is 26.1. The van der Waals surface area contributed by atoms with E-state index in [0.29, 0.717) is 37.3 Å². The van der Waals surface area contributed by atoms with Gasteiger partial charge in [0.05, 0.1) is 11.7 Å². The monoisotopic (exact) mass is 641 g/mol. The van der Waals surface area contributed by atoms with Crippen molar-refractivity contribution in [1.29, 1.82) is 0 Å². The molecule has 1 unspecified atom stereocenters. The molecule has 3 fully saturated rings. The van der Waals surface area contributed by atoms with Gasteiger partial charge in [0.15, 0.2) is 0 Å². The van der Waals surface area contributed by atoms with Gasteiger partial charge in [-0.25, -0.2) is 4.79 Å². The maximum absolute atomic E-state index is 13.1. The van der Waals surface area contributed by atoms with Crippen LogP contribution < -0.4 is 5.73 Å². The zero-order valence-electron chi connectivity index (χ0n) is 23.7. The van der Waals surface area contributed by atoms with Crippen molar-refractivity contribution in [3.8, 4) is 0 Å². The SMILES string of the molecule is NC(=O)N1CCC(CC(=O)N2CCC(C3CCN(C4c5ccc(Cl)cc5CCc5cc(Br)cnc54)CC3)CC2)CC1. The lowest BCUT2D eigenvalue weighted by Crippen LogP contribution is -2.45. The number of likely N-dealkylation sites (tertiary alicyclic amines) is 3. The van der Waals surface area contributed by atoms with Gasteiger partial charge < -0.3 is 15.5 Å². The van der Waals surface area contributed by atoms with Crippen molar-refractivity contribution in [2.75, 3.05) is 39.3 Å². The number of aryl methyl sites for hydroxylation is 2. The van der Waals surface area contributed by atoms with E-state index in [-0.39, 0.29) is 12.1 Å². The van der Waals surface area contributed by atoms with Crippen LogP contribution in [0.15, 0.2) is 34.9 Å². The van der Waals surface area contributed by atoms with Gasteiger partial charge in [0.25, 0.3) is 0 Å². The lowest BCUT2D eigenvalue weighted by molar-refractivity contribution is -0.134. The fraction of sp³-hybridized carbons (Fsp3) is 0.594. The lowest BCUT2D eigenvalue weighted by atomic mass is 9.78. The first-order chi connectivity index (χ1) is 19.9. The van der Waals surface area contributed by atoms with Gasteiger partial charge in [-0.3, -0.25) is 14.7 Å². The summed E-state index contributed by atoms with van der Waals surface area (Å²) in [4.78, 5) is 35.8. The van der Waals surface area contributed by atoms with E-state index in [2.05, 4.69) is 43.9 Å². The van der Waals surface area contributed by atoms with Gasteiger partial charge in [-0.1, -0.05) is 17.7 Å². The molecule has 0 spiro atoms. The minimum Gasteiger partial charge on any atom is -0.351 e. The lowest BCUT2D eigenvalue weighted by Gasteiger charge is -2.43. The van der Waals surface area contributed by atoms with E-state index in [1.165, 1.54) is 35.2 Å². The normalized spacial score (nSPS) is 23.1. The summed E-state index contributed by atoms with van der Waals surface area (Å²) in [5, 5.41) is 0.805. The molecule has 1 atom stereocenters.